The van der Waals surface area contributed by atoms with Gasteiger partial charge in [0.05, 0.1) is 17.5 Å². The van der Waals surface area contributed by atoms with Gasteiger partial charge in [-0.05, 0) is 55.7 Å². The van der Waals surface area contributed by atoms with Crippen molar-refractivity contribution in [3.8, 4) is 0 Å². The van der Waals surface area contributed by atoms with Gasteiger partial charge < -0.3 is 10.1 Å². The SMILES string of the molecule is CCOC(=O)C1C2CC[C@H](C2)C1NCc1ccc(F)c(Cl)c1. The molecule has 2 bridgehead atoms. The third kappa shape index (κ3) is 2.99. The molecule has 0 spiro atoms. The maximum Gasteiger partial charge on any atom is 0.310 e. The van der Waals surface area contributed by atoms with E-state index in [1.165, 1.54) is 12.5 Å². The molecular formula is C17H21ClFNO2. The summed E-state index contributed by atoms with van der Waals surface area (Å²) in [4.78, 5) is 12.2. The molecular weight excluding hydrogens is 305 g/mol. The van der Waals surface area contributed by atoms with Gasteiger partial charge in [0.25, 0.3) is 0 Å². The number of hydrogen-bond donors (Lipinski definition) is 1. The minimum Gasteiger partial charge on any atom is -0.466 e. The highest BCUT2D eigenvalue weighted by Crippen LogP contribution is 2.49. The van der Waals surface area contributed by atoms with Crippen LogP contribution in [0.25, 0.3) is 0 Å². The zero-order valence-electron chi connectivity index (χ0n) is 12.6. The second-order valence-corrected chi connectivity index (χ2v) is 6.67. The Bertz CT molecular complexity index is 566. The van der Waals surface area contributed by atoms with Crippen LogP contribution in [0, 0.1) is 23.6 Å². The van der Waals surface area contributed by atoms with Crippen LogP contribution in [0.3, 0.4) is 0 Å². The van der Waals surface area contributed by atoms with Gasteiger partial charge in [-0.3, -0.25) is 4.79 Å². The van der Waals surface area contributed by atoms with Gasteiger partial charge in [0.1, 0.15) is 5.82 Å². The third-order valence-corrected chi connectivity index (χ3v) is 5.29. The molecule has 5 heteroatoms. The average Bonchev–Trinajstić information content (AvgIpc) is 3.09. The quantitative estimate of drug-likeness (QED) is 0.841. The molecule has 22 heavy (non-hydrogen) atoms. The van der Waals surface area contributed by atoms with Crippen molar-refractivity contribution in [1.82, 2.24) is 5.32 Å². The highest BCUT2D eigenvalue weighted by molar-refractivity contribution is 6.30. The van der Waals surface area contributed by atoms with E-state index >= 15 is 0 Å². The summed E-state index contributed by atoms with van der Waals surface area (Å²) in [5.74, 6) is 0.447. The Labute approximate surface area is 135 Å². The van der Waals surface area contributed by atoms with Gasteiger partial charge in [0, 0.05) is 12.6 Å². The average molecular weight is 326 g/mol. The minimum absolute atomic E-state index is 0.0466. The summed E-state index contributed by atoms with van der Waals surface area (Å²) in [5, 5.41) is 3.62. The maximum atomic E-state index is 13.2. The molecule has 0 saturated heterocycles. The zero-order valence-corrected chi connectivity index (χ0v) is 13.4. The van der Waals surface area contributed by atoms with Crippen LogP contribution in [-0.4, -0.2) is 18.6 Å². The fourth-order valence-electron chi connectivity index (χ4n) is 4.05. The first-order valence-corrected chi connectivity index (χ1v) is 8.32. The summed E-state index contributed by atoms with van der Waals surface area (Å²) in [6.07, 6.45) is 3.39. The molecule has 0 aromatic heterocycles. The Morgan fingerprint density at radius 3 is 2.91 bits per heavy atom. The Balaban J connectivity index is 1.67. The lowest BCUT2D eigenvalue weighted by Gasteiger charge is -2.30. The van der Waals surface area contributed by atoms with Crippen LogP contribution in [0.2, 0.25) is 5.02 Å². The highest BCUT2D eigenvalue weighted by Gasteiger charge is 2.51. The number of halogens is 2. The second-order valence-electron chi connectivity index (χ2n) is 6.27. The fraction of sp³-hybridized carbons (Fsp3) is 0.588. The first-order chi connectivity index (χ1) is 10.6. The highest BCUT2D eigenvalue weighted by atomic mass is 35.5. The first kappa shape index (κ1) is 15.8. The van der Waals surface area contributed by atoms with E-state index in [0.717, 1.165) is 18.4 Å². The minimum atomic E-state index is -0.408. The summed E-state index contributed by atoms with van der Waals surface area (Å²) in [6.45, 7) is 2.85. The molecule has 2 aliphatic carbocycles. The fourth-order valence-corrected chi connectivity index (χ4v) is 4.25. The molecule has 2 aliphatic rings. The summed E-state index contributed by atoms with van der Waals surface area (Å²) in [6, 6.07) is 4.89. The van der Waals surface area contributed by atoms with Crippen molar-refractivity contribution < 1.29 is 13.9 Å². The Kier molecular flexibility index (Phi) is 4.69. The Morgan fingerprint density at radius 1 is 1.41 bits per heavy atom. The molecule has 2 fully saturated rings. The van der Waals surface area contributed by atoms with Crippen molar-refractivity contribution in [1.29, 1.82) is 0 Å². The molecule has 3 unspecified atom stereocenters. The summed E-state index contributed by atoms with van der Waals surface area (Å²) in [5.41, 5.74) is 0.928. The smallest absolute Gasteiger partial charge is 0.310 e. The maximum absolute atomic E-state index is 13.2. The van der Waals surface area contributed by atoms with Crippen molar-refractivity contribution in [2.45, 2.75) is 38.8 Å². The normalized spacial score (nSPS) is 29.8. The monoisotopic (exact) mass is 325 g/mol. The molecule has 3 nitrogen and oxygen atoms in total. The molecule has 1 N–H and O–H groups in total. The van der Waals surface area contributed by atoms with Gasteiger partial charge in [-0.15, -0.1) is 0 Å². The molecule has 4 atom stereocenters. The molecule has 1 aromatic rings. The van der Waals surface area contributed by atoms with Gasteiger partial charge in [-0.25, -0.2) is 4.39 Å². The van der Waals surface area contributed by atoms with E-state index in [4.69, 9.17) is 16.3 Å². The van der Waals surface area contributed by atoms with Crippen LogP contribution in [0.15, 0.2) is 18.2 Å². The standard InChI is InChI=1S/C17H21ClFNO2/c1-2-22-17(21)15-11-4-5-12(8-11)16(15)20-9-10-3-6-14(19)13(18)7-10/h3,6-7,11-12,15-16,20H,2,4-5,8-9H2,1H3/t11?,12-,15?,16?/m1/s1. The lowest BCUT2D eigenvalue weighted by molar-refractivity contribution is -0.150. The number of carbonyl (C=O) groups is 1. The van der Waals surface area contributed by atoms with Crippen LogP contribution >= 0.6 is 11.6 Å². The van der Waals surface area contributed by atoms with Crippen LogP contribution < -0.4 is 5.32 Å². The Morgan fingerprint density at radius 2 is 2.18 bits per heavy atom. The number of esters is 1. The summed E-state index contributed by atoms with van der Waals surface area (Å²) >= 11 is 5.82. The van der Waals surface area contributed by atoms with Crippen molar-refractivity contribution in [2.75, 3.05) is 6.61 Å². The largest absolute Gasteiger partial charge is 0.466 e. The molecule has 0 aliphatic heterocycles. The number of fused-ring (bicyclic) bond motifs is 2. The molecule has 3 rings (SSSR count). The lowest BCUT2D eigenvalue weighted by atomic mass is 9.84. The Hall–Kier alpha value is -1.13. The van der Waals surface area contributed by atoms with E-state index in [0.29, 0.717) is 25.0 Å². The molecule has 1 aromatic carbocycles. The van der Waals surface area contributed by atoms with E-state index in [2.05, 4.69) is 5.32 Å². The number of carbonyl (C=O) groups excluding carboxylic acids is 1. The lowest BCUT2D eigenvalue weighted by Crippen LogP contribution is -2.44. The molecule has 120 valence electrons. The van der Waals surface area contributed by atoms with Crippen molar-refractivity contribution in [3.05, 3.63) is 34.6 Å². The molecule has 0 radical (unpaired) electrons. The van der Waals surface area contributed by atoms with E-state index in [1.807, 2.05) is 6.92 Å². The topological polar surface area (TPSA) is 38.3 Å². The van der Waals surface area contributed by atoms with Gasteiger partial charge in [0.15, 0.2) is 0 Å². The van der Waals surface area contributed by atoms with Gasteiger partial charge in [-0.1, -0.05) is 17.7 Å². The number of nitrogens with one attached hydrogen (secondary N) is 1. The predicted octanol–water partition coefficient (Wildman–Crippen LogP) is 3.55. The van der Waals surface area contributed by atoms with Crippen LogP contribution in [0.4, 0.5) is 4.39 Å². The van der Waals surface area contributed by atoms with Crippen LogP contribution in [0.1, 0.15) is 31.7 Å². The third-order valence-electron chi connectivity index (χ3n) is 5.00. The van der Waals surface area contributed by atoms with Gasteiger partial charge in [-0.2, -0.15) is 0 Å². The number of hydrogen-bond acceptors (Lipinski definition) is 3. The van der Waals surface area contributed by atoms with E-state index in [1.54, 1.807) is 12.1 Å². The number of benzene rings is 1. The number of rotatable bonds is 5. The predicted molar refractivity (Wildman–Crippen MR) is 83.0 cm³/mol. The van der Waals surface area contributed by atoms with Crippen LogP contribution in [-0.2, 0) is 16.1 Å². The van der Waals surface area contributed by atoms with Gasteiger partial charge in [0.2, 0.25) is 0 Å². The van der Waals surface area contributed by atoms with Crippen molar-refractivity contribution >= 4 is 17.6 Å². The van der Waals surface area contributed by atoms with Crippen LogP contribution in [0.5, 0.6) is 0 Å². The van der Waals surface area contributed by atoms with E-state index < -0.39 is 5.82 Å². The van der Waals surface area contributed by atoms with E-state index in [9.17, 15) is 9.18 Å². The van der Waals surface area contributed by atoms with Crippen molar-refractivity contribution in [2.24, 2.45) is 17.8 Å². The summed E-state index contributed by atoms with van der Waals surface area (Å²) < 4.78 is 18.4. The molecule has 2 saturated carbocycles. The number of ether oxygens (including phenoxy) is 1. The van der Waals surface area contributed by atoms with Gasteiger partial charge >= 0.3 is 5.97 Å². The van der Waals surface area contributed by atoms with E-state index in [-0.39, 0.29) is 23.0 Å². The second kappa shape index (κ2) is 6.55. The first-order valence-electron chi connectivity index (χ1n) is 7.94. The molecule has 0 heterocycles. The summed E-state index contributed by atoms with van der Waals surface area (Å²) in [7, 11) is 0. The molecule has 0 amide bonds. The van der Waals surface area contributed by atoms with Crippen molar-refractivity contribution in [3.63, 3.8) is 0 Å². The zero-order chi connectivity index (χ0) is 15.7.